The van der Waals surface area contributed by atoms with Gasteiger partial charge in [-0.2, -0.15) is 4.31 Å². The second-order valence-electron chi connectivity index (χ2n) is 9.31. The van der Waals surface area contributed by atoms with E-state index in [2.05, 4.69) is 34.5 Å². The predicted octanol–water partition coefficient (Wildman–Crippen LogP) is 3.37. The maximum atomic E-state index is 13.5. The maximum absolute atomic E-state index is 13.5. The maximum Gasteiger partial charge on any atom is 0.246 e. The van der Waals surface area contributed by atoms with E-state index in [0.29, 0.717) is 36.3 Å². The third kappa shape index (κ3) is 4.71. The van der Waals surface area contributed by atoms with Gasteiger partial charge >= 0.3 is 0 Å². The van der Waals surface area contributed by atoms with Gasteiger partial charge in [0.1, 0.15) is 10.6 Å². The number of sulfonamides is 1. The van der Waals surface area contributed by atoms with Crippen LogP contribution in [0.5, 0.6) is 5.75 Å². The molecule has 172 valence electrons. The van der Waals surface area contributed by atoms with Gasteiger partial charge in [0.25, 0.3) is 0 Å². The molecule has 32 heavy (non-hydrogen) atoms. The lowest BCUT2D eigenvalue weighted by Crippen LogP contribution is -2.31. The third-order valence-electron chi connectivity index (χ3n) is 6.94. The molecule has 0 aliphatic carbocycles. The van der Waals surface area contributed by atoms with Gasteiger partial charge in [0.15, 0.2) is 0 Å². The van der Waals surface area contributed by atoms with Crippen LogP contribution in [0, 0.1) is 5.92 Å². The Bertz CT molecular complexity index is 1020. The fourth-order valence-corrected chi connectivity index (χ4v) is 6.77. The molecule has 3 aliphatic heterocycles. The van der Waals surface area contributed by atoms with Crippen LogP contribution in [0.1, 0.15) is 42.4 Å². The molecule has 0 saturated carbocycles. The first kappa shape index (κ1) is 21.9. The molecule has 1 N–H and O–H groups in total. The lowest BCUT2D eigenvalue weighted by molar-refractivity contribution is 0.210. The molecule has 0 aromatic heterocycles. The Morgan fingerprint density at radius 1 is 0.969 bits per heavy atom. The zero-order valence-corrected chi connectivity index (χ0v) is 19.4. The van der Waals surface area contributed by atoms with Gasteiger partial charge < -0.3 is 10.1 Å². The van der Waals surface area contributed by atoms with Gasteiger partial charge in [-0.1, -0.05) is 30.3 Å². The van der Waals surface area contributed by atoms with Crippen molar-refractivity contribution in [2.24, 2.45) is 5.92 Å². The van der Waals surface area contributed by atoms with E-state index in [4.69, 9.17) is 4.74 Å². The fourth-order valence-electron chi connectivity index (χ4n) is 5.07. The Labute approximate surface area is 191 Å². The van der Waals surface area contributed by atoms with Crippen molar-refractivity contribution in [2.75, 3.05) is 32.8 Å². The van der Waals surface area contributed by atoms with Crippen molar-refractivity contribution in [3.05, 3.63) is 59.2 Å². The highest BCUT2D eigenvalue weighted by atomic mass is 32.2. The van der Waals surface area contributed by atoms with Gasteiger partial charge in [0.05, 0.1) is 6.61 Å². The molecule has 2 aromatic rings. The van der Waals surface area contributed by atoms with Crippen molar-refractivity contribution in [1.82, 2.24) is 14.5 Å². The van der Waals surface area contributed by atoms with Crippen LogP contribution in [0.2, 0.25) is 0 Å². The highest BCUT2D eigenvalue weighted by Gasteiger charge is 2.31. The molecule has 0 bridgehead atoms. The number of nitrogens with one attached hydrogen (secondary N) is 1. The Morgan fingerprint density at radius 3 is 2.34 bits per heavy atom. The summed E-state index contributed by atoms with van der Waals surface area (Å²) in [5.74, 6) is 0.977. The summed E-state index contributed by atoms with van der Waals surface area (Å²) in [6, 6.07) is 14.3. The van der Waals surface area contributed by atoms with Gasteiger partial charge in [-0.15, -0.1) is 0 Å². The monoisotopic (exact) mass is 455 g/mol. The number of hydrogen-bond acceptors (Lipinski definition) is 5. The number of nitrogens with zero attached hydrogens (tertiary/aromatic N) is 2. The topological polar surface area (TPSA) is 61.9 Å². The minimum atomic E-state index is -3.55. The van der Waals surface area contributed by atoms with Crippen molar-refractivity contribution in [3.63, 3.8) is 0 Å². The number of benzene rings is 2. The summed E-state index contributed by atoms with van der Waals surface area (Å²) >= 11 is 0. The number of ether oxygens (including phenoxy) is 1. The van der Waals surface area contributed by atoms with Crippen molar-refractivity contribution in [1.29, 1.82) is 0 Å². The van der Waals surface area contributed by atoms with E-state index in [1.807, 2.05) is 18.2 Å². The summed E-state index contributed by atoms with van der Waals surface area (Å²) in [5.41, 5.74) is 3.74. The van der Waals surface area contributed by atoms with Crippen molar-refractivity contribution < 1.29 is 13.2 Å². The normalized spacial score (nSPS) is 20.5. The Kier molecular flexibility index (Phi) is 6.51. The first-order valence-electron chi connectivity index (χ1n) is 11.9. The minimum Gasteiger partial charge on any atom is -0.492 e. The molecule has 2 fully saturated rings. The van der Waals surface area contributed by atoms with Gasteiger partial charge in [-0.05, 0) is 73.5 Å². The molecule has 0 radical (unpaired) electrons. The number of hydrogen-bond donors (Lipinski definition) is 1. The zero-order chi connectivity index (χ0) is 22.0. The zero-order valence-electron chi connectivity index (χ0n) is 18.6. The lowest BCUT2D eigenvalue weighted by atomic mass is 9.99. The van der Waals surface area contributed by atoms with Crippen LogP contribution in [0.25, 0.3) is 0 Å². The molecular formula is C25H33N3O3S. The third-order valence-corrected chi connectivity index (χ3v) is 8.86. The van der Waals surface area contributed by atoms with Crippen LogP contribution < -0.4 is 10.1 Å². The fraction of sp³-hybridized carbons (Fsp3) is 0.520. The van der Waals surface area contributed by atoms with Crippen LogP contribution in [-0.2, 0) is 29.7 Å². The summed E-state index contributed by atoms with van der Waals surface area (Å²) in [6.07, 6.45) is 4.00. The second kappa shape index (κ2) is 9.51. The molecule has 0 atom stereocenters. The minimum absolute atomic E-state index is 0.336. The van der Waals surface area contributed by atoms with Gasteiger partial charge in [0, 0.05) is 32.7 Å². The average molecular weight is 456 g/mol. The highest BCUT2D eigenvalue weighted by molar-refractivity contribution is 7.89. The van der Waals surface area contributed by atoms with E-state index in [1.54, 1.807) is 4.31 Å². The molecule has 5 rings (SSSR count). The van der Waals surface area contributed by atoms with Crippen molar-refractivity contribution >= 4 is 10.0 Å². The molecule has 3 heterocycles. The lowest BCUT2D eigenvalue weighted by Gasteiger charge is -2.24. The molecular weight excluding hydrogens is 422 g/mol. The number of rotatable bonds is 7. The molecule has 7 heteroatoms. The standard InChI is InChI=1S/C25H33N3O3S/c29-32(30,28-13-3-4-14-28)25-15-21(16-27-17-22-5-1-2-6-23(22)18-27)7-8-24(25)31-19-20-9-11-26-12-10-20/h1-2,5-8,15,20,26H,3-4,9-14,16-19H2. The van der Waals surface area contributed by atoms with E-state index in [-0.39, 0.29) is 0 Å². The smallest absolute Gasteiger partial charge is 0.246 e. The molecule has 3 aliphatic rings. The second-order valence-corrected chi connectivity index (χ2v) is 11.2. The Balaban J connectivity index is 1.37. The summed E-state index contributed by atoms with van der Waals surface area (Å²) in [6.45, 7) is 6.31. The number of piperidine rings is 1. The van der Waals surface area contributed by atoms with Gasteiger partial charge in [-0.3, -0.25) is 4.90 Å². The van der Waals surface area contributed by atoms with Crippen LogP contribution in [-0.4, -0.2) is 50.4 Å². The van der Waals surface area contributed by atoms with Gasteiger partial charge in [-0.25, -0.2) is 8.42 Å². The van der Waals surface area contributed by atoms with Gasteiger partial charge in [0.2, 0.25) is 10.0 Å². The average Bonchev–Trinajstić information content (AvgIpc) is 3.49. The van der Waals surface area contributed by atoms with Crippen LogP contribution in [0.4, 0.5) is 0 Å². The van der Waals surface area contributed by atoms with E-state index < -0.39 is 10.0 Å². The summed E-state index contributed by atoms with van der Waals surface area (Å²) in [4.78, 5) is 2.70. The van der Waals surface area contributed by atoms with Crippen LogP contribution in [0.15, 0.2) is 47.4 Å². The quantitative estimate of drug-likeness (QED) is 0.694. The van der Waals surface area contributed by atoms with Crippen molar-refractivity contribution in [3.8, 4) is 5.75 Å². The molecule has 0 unspecified atom stereocenters. The Morgan fingerprint density at radius 2 is 1.66 bits per heavy atom. The van der Waals surface area contributed by atoms with Crippen LogP contribution in [0.3, 0.4) is 0 Å². The summed E-state index contributed by atoms with van der Waals surface area (Å²) in [5, 5.41) is 3.37. The van der Waals surface area contributed by atoms with Crippen molar-refractivity contribution in [2.45, 2.75) is 50.2 Å². The largest absolute Gasteiger partial charge is 0.492 e. The SMILES string of the molecule is O=S(=O)(c1cc(CN2Cc3ccccc3C2)ccc1OCC1CCNCC1)N1CCCC1. The number of fused-ring (bicyclic) bond motifs is 1. The first-order chi connectivity index (χ1) is 15.6. The summed E-state index contributed by atoms with van der Waals surface area (Å²) in [7, 11) is -3.55. The summed E-state index contributed by atoms with van der Waals surface area (Å²) < 4.78 is 34.8. The van der Waals surface area contributed by atoms with E-state index >= 15 is 0 Å². The van der Waals surface area contributed by atoms with E-state index in [0.717, 1.165) is 64.0 Å². The molecule has 2 aromatic carbocycles. The highest BCUT2D eigenvalue weighted by Crippen LogP contribution is 2.32. The first-order valence-corrected chi connectivity index (χ1v) is 13.3. The van der Waals surface area contributed by atoms with E-state index in [9.17, 15) is 8.42 Å². The molecule has 2 saturated heterocycles. The molecule has 0 amide bonds. The van der Waals surface area contributed by atoms with E-state index in [1.165, 1.54) is 11.1 Å². The Hall–Kier alpha value is -1.93. The molecule has 6 nitrogen and oxygen atoms in total. The van der Waals surface area contributed by atoms with Crippen LogP contribution >= 0.6 is 0 Å². The predicted molar refractivity (Wildman–Crippen MR) is 125 cm³/mol. The molecule has 0 spiro atoms.